The van der Waals surface area contributed by atoms with Gasteiger partial charge < -0.3 is 10.1 Å². The topological polar surface area (TPSA) is 76.7 Å². The predicted molar refractivity (Wildman–Crippen MR) is 94.9 cm³/mol. The average molecular weight is 326 g/mol. The van der Waals surface area contributed by atoms with Crippen molar-refractivity contribution < 1.29 is 4.74 Å². The lowest BCUT2D eigenvalue weighted by Crippen LogP contribution is -2.28. The summed E-state index contributed by atoms with van der Waals surface area (Å²) in [6.45, 7) is 6.49. The Morgan fingerprint density at radius 3 is 2.79 bits per heavy atom. The molecule has 2 aromatic rings. The van der Waals surface area contributed by atoms with E-state index in [1.54, 1.807) is 0 Å². The molecule has 24 heavy (non-hydrogen) atoms. The molecule has 0 radical (unpaired) electrons. The van der Waals surface area contributed by atoms with E-state index in [4.69, 9.17) is 4.74 Å². The first-order chi connectivity index (χ1) is 11.8. The van der Waals surface area contributed by atoms with E-state index >= 15 is 0 Å². The highest BCUT2D eigenvalue weighted by Crippen LogP contribution is 2.30. The summed E-state index contributed by atoms with van der Waals surface area (Å²) in [4.78, 5) is 4.64. The van der Waals surface area contributed by atoms with Gasteiger partial charge in [0.2, 0.25) is 0 Å². The summed E-state index contributed by atoms with van der Waals surface area (Å²) in [5.74, 6) is 0. The normalized spacial score (nSPS) is 18.8. The summed E-state index contributed by atoms with van der Waals surface area (Å²) in [5, 5.41) is 17.8. The van der Waals surface area contributed by atoms with Gasteiger partial charge >= 0.3 is 0 Å². The van der Waals surface area contributed by atoms with Gasteiger partial charge in [-0.15, -0.1) is 0 Å². The summed E-state index contributed by atoms with van der Waals surface area (Å²) in [7, 11) is 0. The number of rotatable bonds is 4. The van der Waals surface area contributed by atoms with E-state index in [-0.39, 0.29) is 0 Å². The SMILES string of the molecule is CCn1ncc2c(NC3CCOCC3)c(C3=NN=C(C)C3)cnc21. The summed E-state index contributed by atoms with van der Waals surface area (Å²) in [5.41, 5.74) is 5.03. The molecular weight excluding hydrogens is 304 g/mol. The molecule has 1 N–H and O–H groups in total. The van der Waals surface area contributed by atoms with Crippen molar-refractivity contribution in [2.45, 2.75) is 45.7 Å². The van der Waals surface area contributed by atoms with Crippen molar-refractivity contribution in [3.8, 4) is 0 Å². The molecule has 0 saturated carbocycles. The monoisotopic (exact) mass is 326 g/mol. The molecule has 0 aliphatic carbocycles. The third kappa shape index (κ3) is 2.69. The van der Waals surface area contributed by atoms with Gasteiger partial charge in [-0.1, -0.05) is 0 Å². The Labute approximate surface area is 140 Å². The summed E-state index contributed by atoms with van der Waals surface area (Å²) >= 11 is 0. The fraction of sp³-hybridized carbons (Fsp3) is 0.529. The third-order valence-corrected chi connectivity index (χ3v) is 4.61. The van der Waals surface area contributed by atoms with Crippen LogP contribution in [0.25, 0.3) is 11.0 Å². The molecule has 4 heterocycles. The average Bonchev–Trinajstić information content (AvgIpc) is 3.22. The highest BCUT2D eigenvalue weighted by molar-refractivity contribution is 6.18. The number of aromatic nitrogens is 3. The van der Waals surface area contributed by atoms with Crippen molar-refractivity contribution in [1.82, 2.24) is 14.8 Å². The third-order valence-electron chi connectivity index (χ3n) is 4.61. The van der Waals surface area contributed by atoms with Crippen molar-refractivity contribution in [3.63, 3.8) is 0 Å². The van der Waals surface area contributed by atoms with Gasteiger partial charge in [0.05, 0.1) is 23.0 Å². The van der Waals surface area contributed by atoms with Gasteiger partial charge in [-0.3, -0.25) is 0 Å². The first kappa shape index (κ1) is 15.3. The lowest BCUT2D eigenvalue weighted by molar-refractivity contribution is 0.0905. The maximum atomic E-state index is 5.48. The molecule has 0 amide bonds. The van der Waals surface area contributed by atoms with Crippen LogP contribution in [-0.2, 0) is 11.3 Å². The van der Waals surface area contributed by atoms with Crippen LogP contribution in [0.2, 0.25) is 0 Å². The van der Waals surface area contributed by atoms with Crippen LogP contribution in [0.1, 0.15) is 38.7 Å². The van der Waals surface area contributed by atoms with Gasteiger partial charge in [0.15, 0.2) is 5.65 Å². The molecule has 0 spiro atoms. The Balaban J connectivity index is 1.77. The Bertz CT molecular complexity index is 816. The number of nitrogens with one attached hydrogen (secondary N) is 1. The number of nitrogens with zero attached hydrogens (tertiary/aromatic N) is 5. The minimum Gasteiger partial charge on any atom is -0.381 e. The molecule has 2 aromatic heterocycles. The molecule has 2 aliphatic heterocycles. The van der Waals surface area contributed by atoms with Crippen molar-refractivity contribution in [3.05, 3.63) is 18.0 Å². The van der Waals surface area contributed by atoms with Crippen LogP contribution in [0.15, 0.2) is 22.6 Å². The van der Waals surface area contributed by atoms with Crippen LogP contribution in [0, 0.1) is 0 Å². The molecule has 126 valence electrons. The second-order valence-corrected chi connectivity index (χ2v) is 6.33. The van der Waals surface area contributed by atoms with E-state index in [1.807, 2.05) is 24.0 Å². The minimum atomic E-state index is 0.400. The van der Waals surface area contributed by atoms with Gasteiger partial charge in [0.1, 0.15) is 0 Å². The minimum absolute atomic E-state index is 0.400. The molecule has 4 rings (SSSR count). The maximum absolute atomic E-state index is 5.48. The maximum Gasteiger partial charge on any atom is 0.159 e. The largest absolute Gasteiger partial charge is 0.381 e. The summed E-state index contributed by atoms with van der Waals surface area (Å²) < 4.78 is 7.40. The molecule has 0 atom stereocenters. The second kappa shape index (κ2) is 6.32. The lowest BCUT2D eigenvalue weighted by atomic mass is 10.0. The van der Waals surface area contributed by atoms with Crippen LogP contribution >= 0.6 is 0 Å². The highest BCUT2D eigenvalue weighted by atomic mass is 16.5. The number of aryl methyl sites for hydroxylation is 1. The fourth-order valence-corrected chi connectivity index (χ4v) is 3.29. The zero-order chi connectivity index (χ0) is 16.5. The van der Waals surface area contributed by atoms with E-state index in [0.29, 0.717) is 6.04 Å². The molecule has 7 nitrogen and oxygen atoms in total. The van der Waals surface area contributed by atoms with E-state index in [9.17, 15) is 0 Å². The van der Waals surface area contributed by atoms with Gasteiger partial charge in [0, 0.05) is 49.7 Å². The van der Waals surface area contributed by atoms with E-state index < -0.39 is 0 Å². The standard InChI is InChI=1S/C17H22N6O/c1-3-23-17-14(10-19-23)16(20-12-4-6-24-7-5-12)13(9-18-17)15-8-11(2)21-22-15/h9-10,12H,3-8H2,1-2H3,(H,18,20). The Morgan fingerprint density at radius 2 is 2.08 bits per heavy atom. The predicted octanol–water partition coefficient (Wildman–Crippen LogP) is 2.61. The molecule has 2 aliphatic rings. The van der Waals surface area contributed by atoms with Crippen molar-refractivity contribution in [2.75, 3.05) is 18.5 Å². The van der Waals surface area contributed by atoms with Gasteiger partial charge in [0.25, 0.3) is 0 Å². The van der Waals surface area contributed by atoms with Crippen LogP contribution in [0.3, 0.4) is 0 Å². The molecule has 7 heteroatoms. The number of ether oxygens (including phenoxy) is 1. The molecule has 0 aromatic carbocycles. The van der Waals surface area contributed by atoms with Crippen molar-refractivity contribution >= 4 is 28.1 Å². The Morgan fingerprint density at radius 1 is 1.25 bits per heavy atom. The molecule has 0 bridgehead atoms. The van der Waals surface area contributed by atoms with Crippen LogP contribution in [0.4, 0.5) is 5.69 Å². The van der Waals surface area contributed by atoms with E-state index in [2.05, 4.69) is 32.5 Å². The zero-order valence-electron chi connectivity index (χ0n) is 14.1. The van der Waals surface area contributed by atoms with Crippen molar-refractivity contribution in [1.29, 1.82) is 0 Å². The molecule has 1 saturated heterocycles. The fourth-order valence-electron chi connectivity index (χ4n) is 3.29. The van der Waals surface area contributed by atoms with E-state index in [0.717, 1.165) is 72.7 Å². The number of hydrogen-bond acceptors (Lipinski definition) is 6. The number of anilines is 1. The zero-order valence-corrected chi connectivity index (χ0v) is 14.1. The van der Waals surface area contributed by atoms with Gasteiger partial charge in [-0.05, 0) is 26.7 Å². The highest BCUT2D eigenvalue weighted by Gasteiger charge is 2.22. The smallest absolute Gasteiger partial charge is 0.159 e. The molecular formula is C17H22N6O. The Hall–Kier alpha value is -2.28. The summed E-state index contributed by atoms with van der Waals surface area (Å²) in [6.07, 6.45) is 6.60. The summed E-state index contributed by atoms with van der Waals surface area (Å²) in [6, 6.07) is 0.400. The first-order valence-electron chi connectivity index (χ1n) is 8.55. The van der Waals surface area contributed by atoms with Crippen molar-refractivity contribution in [2.24, 2.45) is 10.2 Å². The number of pyridine rings is 1. The Kier molecular flexibility index (Phi) is 4.02. The molecule has 0 unspecified atom stereocenters. The van der Waals surface area contributed by atoms with Gasteiger partial charge in [-0.25, -0.2) is 9.67 Å². The first-order valence-corrected chi connectivity index (χ1v) is 8.55. The molecule has 1 fully saturated rings. The second-order valence-electron chi connectivity index (χ2n) is 6.33. The van der Waals surface area contributed by atoms with Crippen LogP contribution in [-0.4, -0.2) is 45.4 Å². The number of fused-ring (bicyclic) bond motifs is 1. The number of hydrogen-bond donors (Lipinski definition) is 1. The lowest BCUT2D eigenvalue weighted by Gasteiger charge is -2.25. The van der Waals surface area contributed by atoms with Gasteiger partial charge in [-0.2, -0.15) is 15.3 Å². The van der Waals surface area contributed by atoms with E-state index in [1.165, 1.54) is 0 Å². The van der Waals surface area contributed by atoms with Crippen LogP contribution < -0.4 is 5.32 Å². The quantitative estimate of drug-likeness (QED) is 0.937. The van der Waals surface area contributed by atoms with Crippen LogP contribution in [0.5, 0.6) is 0 Å².